The third-order valence-corrected chi connectivity index (χ3v) is 7.65. The average molecular weight is 574 g/mol. The molecule has 0 aliphatic carbocycles. The summed E-state index contributed by atoms with van der Waals surface area (Å²) in [5, 5.41) is 3.45. The molecule has 0 atom stereocenters. The third kappa shape index (κ3) is 11.0. The van der Waals surface area contributed by atoms with Crippen molar-refractivity contribution in [3.05, 3.63) is 0 Å². The van der Waals surface area contributed by atoms with E-state index in [0.29, 0.717) is 26.2 Å². The first-order valence-electron chi connectivity index (χ1n) is 11.7. The molecule has 0 radical (unpaired) electrons. The van der Waals surface area contributed by atoms with E-state index in [4.69, 9.17) is 4.74 Å². The van der Waals surface area contributed by atoms with Crippen LogP contribution in [0.25, 0.3) is 0 Å². The predicted molar refractivity (Wildman–Crippen MR) is 139 cm³/mol. The summed E-state index contributed by atoms with van der Waals surface area (Å²) >= 11 is 0. The zero-order chi connectivity index (χ0) is 21.8. The van der Waals surface area contributed by atoms with Crippen LogP contribution in [0.3, 0.4) is 0 Å². The summed E-state index contributed by atoms with van der Waals surface area (Å²) in [6, 6.07) is 0. The summed E-state index contributed by atoms with van der Waals surface area (Å²) in [6.07, 6.45) is 7.79. The first kappa shape index (κ1) is 28.9. The van der Waals surface area contributed by atoms with Crippen molar-refractivity contribution in [2.24, 2.45) is 4.99 Å². The number of hydrogen-bond donors (Lipinski definition) is 1. The quantitative estimate of drug-likeness (QED) is 0.177. The van der Waals surface area contributed by atoms with Gasteiger partial charge < -0.3 is 19.9 Å². The zero-order valence-corrected chi connectivity index (χ0v) is 22.9. The molecule has 0 unspecified atom stereocenters. The molecule has 8 nitrogen and oxygen atoms in total. The second-order valence-electron chi connectivity index (χ2n) is 8.56. The summed E-state index contributed by atoms with van der Waals surface area (Å²) in [6.45, 7) is 11.1. The molecule has 10 heteroatoms. The lowest BCUT2D eigenvalue weighted by atomic mass is 10.1. The lowest BCUT2D eigenvalue weighted by Crippen LogP contribution is -2.54. The molecule has 2 fully saturated rings. The van der Waals surface area contributed by atoms with Crippen molar-refractivity contribution in [3.63, 3.8) is 0 Å². The van der Waals surface area contributed by atoms with E-state index in [-0.39, 0.29) is 42.4 Å². The number of sulfonamides is 1. The number of halogens is 1. The minimum absolute atomic E-state index is 0. The predicted octanol–water partition coefficient (Wildman–Crippen LogP) is 2.21. The van der Waals surface area contributed by atoms with Gasteiger partial charge in [0.25, 0.3) is 0 Å². The summed E-state index contributed by atoms with van der Waals surface area (Å²) in [4.78, 5) is 9.15. The normalized spacial score (nSPS) is 19.5. The van der Waals surface area contributed by atoms with Gasteiger partial charge in [0.2, 0.25) is 10.0 Å². The minimum atomic E-state index is -3.25. The number of aliphatic imine (C=N–C) groups is 1. The lowest BCUT2D eigenvalue weighted by Gasteiger charge is -2.35. The van der Waals surface area contributed by atoms with E-state index in [0.717, 1.165) is 18.9 Å². The monoisotopic (exact) mass is 573 g/mol. The highest BCUT2D eigenvalue weighted by Gasteiger charge is 2.27. The molecule has 0 aromatic rings. The largest absolute Gasteiger partial charge is 0.378 e. The third-order valence-electron chi connectivity index (χ3n) is 5.82. The molecule has 31 heavy (non-hydrogen) atoms. The molecular formula is C21H44IN5O3S. The van der Waals surface area contributed by atoms with Crippen molar-refractivity contribution in [3.8, 4) is 0 Å². The minimum Gasteiger partial charge on any atom is -0.378 e. The Morgan fingerprint density at radius 1 is 1.00 bits per heavy atom. The van der Waals surface area contributed by atoms with E-state index in [1.165, 1.54) is 51.7 Å². The van der Waals surface area contributed by atoms with E-state index < -0.39 is 10.0 Å². The van der Waals surface area contributed by atoms with Gasteiger partial charge in [-0.05, 0) is 59.2 Å². The topological polar surface area (TPSA) is 77.5 Å². The van der Waals surface area contributed by atoms with Gasteiger partial charge in [0.05, 0.1) is 18.5 Å². The van der Waals surface area contributed by atoms with Crippen LogP contribution in [0, 0.1) is 0 Å². The maximum absolute atomic E-state index is 12.5. The van der Waals surface area contributed by atoms with E-state index in [1.54, 1.807) is 11.4 Å². The Morgan fingerprint density at radius 2 is 1.68 bits per heavy atom. The Morgan fingerprint density at radius 3 is 2.29 bits per heavy atom. The second kappa shape index (κ2) is 15.6. The van der Waals surface area contributed by atoms with Gasteiger partial charge in [0, 0.05) is 39.8 Å². The molecular weight excluding hydrogens is 529 g/mol. The van der Waals surface area contributed by atoms with Crippen LogP contribution in [0.1, 0.15) is 52.4 Å². The van der Waals surface area contributed by atoms with Crippen LogP contribution in [0.4, 0.5) is 0 Å². The number of likely N-dealkylation sites (tertiary alicyclic amines) is 1. The van der Waals surface area contributed by atoms with E-state index >= 15 is 0 Å². The van der Waals surface area contributed by atoms with Crippen LogP contribution in [0.15, 0.2) is 4.99 Å². The zero-order valence-electron chi connectivity index (χ0n) is 19.7. The molecule has 2 rings (SSSR count). The van der Waals surface area contributed by atoms with E-state index in [9.17, 15) is 8.42 Å². The number of nitrogens with one attached hydrogen (secondary N) is 1. The molecule has 0 aromatic heterocycles. The molecule has 1 N–H and O–H groups in total. The SMILES string of the molecule is CN=C(NCCCCCN1CCCCC1)N1CCN(S(=O)(=O)CCOC(C)C)CC1.I. The highest BCUT2D eigenvalue weighted by atomic mass is 127. The van der Waals surface area contributed by atoms with Crippen molar-refractivity contribution < 1.29 is 13.2 Å². The molecule has 0 amide bonds. The van der Waals surface area contributed by atoms with Crippen LogP contribution in [-0.2, 0) is 14.8 Å². The fourth-order valence-electron chi connectivity index (χ4n) is 4.05. The molecule has 0 saturated carbocycles. The summed E-state index contributed by atoms with van der Waals surface area (Å²) in [7, 11) is -1.46. The van der Waals surface area contributed by atoms with Crippen LogP contribution in [0.5, 0.6) is 0 Å². The number of hydrogen-bond acceptors (Lipinski definition) is 5. The second-order valence-corrected chi connectivity index (χ2v) is 10.6. The molecule has 2 aliphatic rings. The Labute approximate surface area is 207 Å². The van der Waals surface area contributed by atoms with Crippen LogP contribution in [0.2, 0.25) is 0 Å². The first-order valence-corrected chi connectivity index (χ1v) is 13.3. The fraction of sp³-hybridized carbons (Fsp3) is 0.952. The van der Waals surface area contributed by atoms with Crippen molar-refractivity contribution in [2.45, 2.75) is 58.5 Å². The fourth-order valence-corrected chi connectivity index (χ4v) is 5.33. The van der Waals surface area contributed by atoms with Crippen molar-refractivity contribution in [1.29, 1.82) is 0 Å². The molecule has 2 saturated heterocycles. The number of nitrogens with zero attached hydrogens (tertiary/aromatic N) is 4. The summed E-state index contributed by atoms with van der Waals surface area (Å²) < 4.78 is 31.9. The molecule has 2 aliphatic heterocycles. The molecule has 0 bridgehead atoms. The van der Waals surface area contributed by atoms with E-state index in [1.807, 2.05) is 13.8 Å². The average Bonchev–Trinajstić information content (AvgIpc) is 2.74. The summed E-state index contributed by atoms with van der Waals surface area (Å²) in [5.74, 6) is 0.932. The maximum atomic E-state index is 12.5. The van der Waals surface area contributed by atoms with Gasteiger partial charge in [-0.25, -0.2) is 8.42 Å². The van der Waals surface area contributed by atoms with Crippen LogP contribution >= 0.6 is 24.0 Å². The van der Waals surface area contributed by atoms with Crippen molar-refractivity contribution >= 4 is 40.0 Å². The van der Waals surface area contributed by atoms with Crippen LogP contribution < -0.4 is 5.32 Å². The van der Waals surface area contributed by atoms with Crippen LogP contribution in [-0.4, -0.2) is 106 Å². The molecule has 0 spiro atoms. The highest BCUT2D eigenvalue weighted by Crippen LogP contribution is 2.11. The van der Waals surface area contributed by atoms with Gasteiger partial charge in [-0.15, -0.1) is 24.0 Å². The van der Waals surface area contributed by atoms with Gasteiger partial charge >= 0.3 is 0 Å². The number of unbranched alkanes of at least 4 members (excludes halogenated alkanes) is 2. The number of guanidine groups is 1. The number of piperazine rings is 1. The van der Waals surface area contributed by atoms with Gasteiger partial charge in [-0.1, -0.05) is 12.8 Å². The highest BCUT2D eigenvalue weighted by molar-refractivity contribution is 14.0. The van der Waals surface area contributed by atoms with Crippen molar-refractivity contribution in [2.75, 3.05) is 71.8 Å². The van der Waals surface area contributed by atoms with Crippen molar-refractivity contribution in [1.82, 2.24) is 19.4 Å². The number of piperidine rings is 1. The number of ether oxygens (including phenoxy) is 1. The Balaban J connectivity index is 0.00000480. The molecule has 0 aromatic carbocycles. The van der Waals surface area contributed by atoms with Gasteiger partial charge in [-0.3, -0.25) is 4.99 Å². The molecule has 2 heterocycles. The Hall–Kier alpha value is -0.170. The standard InChI is InChI=1S/C21H43N5O3S.HI/c1-20(2)29-18-19-30(27,28)26-16-14-25(15-17-26)21(22-3)23-10-6-4-7-11-24-12-8-5-9-13-24;/h20H,4-19H2,1-3H3,(H,22,23);1H. The Bertz CT molecular complexity index is 604. The first-order chi connectivity index (χ1) is 14.4. The maximum Gasteiger partial charge on any atom is 0.216 e. The smallest absolute Gasteiger partial charge is 0.216 e. The van der Waals surface area contributed by atoms with Gasteiger partial charge in [0.15, 0.2) is 5.96 Å². The van der Waals surface area contributed by atoms with Gasteiger partial charge in [0.1, 0.15) is 0 Å². The molecule has 184 valence electrons. The van der Waals surface area contributed by atoms with E-state index in [2.05, 4.69) is 20.1 Å². The summed E-state index contributed by atoms with van der Waals surface area (Å²) in [5.41, 5.74) is 0. The van der Waals surface area contributed by atoms with Gasteiger partial charge in [-0.2, -0.15) is 4.31 Å². The number of rotatable bonds is 11. The Kier molecular flexibility index (Phi) is 14.6. The lowest BCUT2D eigenvalue weighted by molar-refractivity contribution is 0.0904.